The van der Waals surface area contributed by atoms with E-state index in [4.69, 9.17) is 9.15 Å². The van der Waals surface area contributed by atoms with E-state index in [0.29, 0.717) is 11.5 Å². The molecule has 1 aromatic carbocycles. The predicted molar refractivity (Wildman–Crippen MR) is 74.0 cm³/mol. The van der Waals surface area contributed by atoms with Crippen LogP contribution in [0.4, 0.5) is 5.88 Å². The van der Waals surface area contributed by atoms with E-state index < -0.39 is 4.92 Å². The van der Waals surface area contributed by atoms with Crippen molar-refractivity contribution in [1.82, 2.24) is 5.32 Å². The fraction of sp³-hybridized carbons (Fsp3) is 0.286. The van der Waals surface area contributed by atoms with Crippen LogP contribution in [0.15, 0.2) is 34.7 Å². The van der Waals surface area contributed by atoms with Gasteiger partial charge in [0.2, 0.25) is 0 Å². The standard InChI is InChI=1S/C14H16N2O4/c1-9-4-5-11(19-3)10(8-9)14(15-2)12-6-7-13(20-12)16(17)18/h4-8,14-15H,1-3H3. The van der Waals surface area contributed by atoms with Crippen molar-refractivity contribution in [2.75, 3.05) is 14.2 Å². The monoisotopic (exact) mass is 276 g/mol. The van der Waals surface area contributed by atoms with Gasteiger partial charge in [0.15, 0.2) is 0 Å². The fourth-order valence-corrected chi connectivity index (χ4v) is 2.13. The van der Waals surface area contributed by atoms with Gasteiger partial charge in [-0.1, -0.05) is 17.7 Å². The first-order valence-electron chi connectivity index (χ1n) is 6.12. The Morgan fingerprint density at radius 1 is 1.35 bits per heavy atom. The number of aryl methyl sites for hydroxylation is 1. The van der Waals surface area contributed by atoms with E-state index in [1.54, 1.807) is 20.2 Å². The molecule has 6 heteroatoms. The van der Waals surface area contributed by atoms with Crippen molar-refractivity contribution in [3.05, 3.63) is 57.3 Å². The van der Waals surface area contributed by atoms with E-state index in [1.165, 1.54) is 6.07 Å². The highest BCUT2D eigenvalue weighted by Crippen LogP contribution is 2.32. The van der Waals surface area contributed by atoms with E-state index in [1.807, 2.05) is 25.1 Å². The number of nitrogens with one attached hydrogen (secondary N) is 1. The zero-order valence-electron chi connectivity index (χ0n) is 11.5. The van der Waals surface area contributed by atoms with Crippen molar-refractivity contribution in [3.63, 3.8) is 0 Å². The Morgan fingerprint density at radius 2 is 2.10 bits per heavy atom. The molecular formula is C14H16N2O4. The highest BCUT2D eigenvalue weighted by Gasteiger charge is 2.22. The maximum atomic E-state index is 10.7. The minimum absolute atomic E-state index is 0.271. The van der Waals surface area contributed by atoms with Crippen molar-refractivity contribution in [2.45, 2.75) is 13.0 Å². The lowest BCUT2D eigenvalue weighted by Crippen LogP contribution is -2.18. The van der Waals surface area contributed by atoms with Gasteiger partial charge in [0, 0.05) is 5.56 Å². The molecule has 1 aromatic heterocycles. The molecule has 1 unspecified atom stereocenters. The Hall–Kier alpha value is -2.34. The zero-order chi connectivity index (χ0) is 14.7. The molecule has 1 atom stereocenters. The summed E-state index contributed by atoms with van der Waals surface area (Å²) in [7, 11) is 3.35. The first-order chi connectivity index (χ1) is 9.56. The van der Waals surface area contributed by atoms with Crippen LogP contribution in [-0.4, -0.2) is 19.1 Å². The second kappa shape index (κ2) is 5.75. The lowest BCUT2D eigenvalue weighted by molar-refractivity contribution is -0.402. The van der Waals surface area contributed by atoms with Crippen LogP contribution in [0.3, 0.4) is 0 Å². The van der Waals surface area contributed by atoms with Crippen molar-refractivity contribution >= 4 is 5.88 Å². The summed E-state index contributed by atoms with van der Waals surface area (Å²) in [4.78, 5) is 10.2. The molecule has 0 fully saturated rings. The van der Waals surface area contributed by atoms with Crippen LogP contribution in [0.25, 0.3) is 0 Å². The third-order valence-corrected chi connectivity index (χ3v) is 3.06. The number of hydrogen-bond donors (Lipinski definition) is 1. The normalized spacial score (nSPS) is 12.2. The molecular weight excluding hydrogens is 260 g/mol. The number of ether oxygens (including phenoxy) is 1. The van der Waals surface area contributed by atoms with Gasteiger partial charge in [-0.25, -0.2) is 0 Å². The SMILES string of the molecule is CNC(c1ccc([N+](=O)[O-])o1)c1cc(C)ccc1OC. The van der Waals surface area contributed by atoms with Crippen molar-refractivity contribution in [1.29, 1.82) is 0 Å². The third kappa shape index (κ3) is 2.65. The molecule has 106 valence electrons. The summed E-state index contributed by atoms with van der Waals surface area (Å²) in [6, 6.07) is 8.42. The molecule has 2 rings (SSSR count). The third-order valence-electron chi connectivity index (χ3n) is 3.06. The summed E-state index contributed by atoms with van der Waals surface area (Å²) in [6.07, 6.45) is 0. The van der Waals surface area contributed by atoms with Gasteiger partial charge in [0.25, 0.3) is 0 Å². The number of hydrogen-bond acceptors (Lipinski definition) is 5. The molecule has 1 heterocycles. The van der Waals surface area contributed by atoms with Gasteiger partial charge in [-0.2, -0.15) is 0 Å². The second-order valence-electron chi connectivity index (χ2n) is 4.40. The van der Waals surface area contributed by atoms with Crippen LogP contribution in [-0.2, 0) is 0 Å². The minimum Gasteiger partial charge on any atom is -0.496 e. The summed E-state index contributed by atoms with van der Waals surface area (Å²) in [5.74, 6) is 0.906. The van der Waals surface area contributed by atoms with Crippen LogP contribution in [0.5, 0.6) is 5.75 Å². The molecule has 0 aliphatic rings. The first-order valence-corrected chi connectivity index (χ1v) is 6.12. The molecule has 20 heavy (non-hydrogen) atoms. The molecule has 2 aromatic rings. The van der Waals surface area contributed by atoms with Gasteiger partial charge in [0.05, 0.1) is 19.2 Å². The Morgan fingerprint density at radius 3 is 2.65 bits per heavy atom. The van der Waals surface area contributed by atoms with E-state index in [0.717, 1.165) is 11.1 Å². The molecule has 0 aliphatic carbocycles. The van der Waals surface area contributed by atoms with E-state index >= 15 is 0 Å². The van der Waals surface area contributed by atoms with Gasteiger partial charge in [-0.05, 0) is 26.1 Å². The summed E-state index contributed by atoms with van der Waals surface area (Å²) >= 11 is 0. The highest BCUT2D eigenvalue weighted by molar-refractivity contribution is 5.42. The quantitative estimate of drug-likeness (QED) is 0.671. The topological polar surface area (TPSA) is 77.5 Å². The van der Waals surface area contributed by atoms with E-state index in [9.17, 15) is 10.1 Å². The smallest absolute Gasteiger partial charge is 0.433 e. The molecule has 1 N–H and O–H groups in total. The number of benzene rings is 1. The van der Waals surface area contributed by atoms with Crippen LogP contribution in [0.2, 0.25) is 0 Å². The van der Waals surface area contributed by atoms with Gasteiger partial charge < -0.3 is 14.5 Å². The van der Waals surface area contributed by atoms with Gasteiger partial charge in [-0.3, -0.25) is 10.1 Å². The van der Waals surface area contributed by atoms with Crippen molar-refractivity contribution in [3.8, 4) is 5.75 Å². The van der Waals surface area contributed by atoms with Gasteiger partial charge >= 0.3 is 5.88 Å². The van der Waals surface area contributed by atoms with Crippen molar-refractivity contribution < 1.29 is 14.1 Å². The minimum atomic E-state index is -0.552. The van der Waals surface area contributed by atoms with Crippen LogP contribution >= 0.6 is 0 Å². The number of nitro groups is 1. The predicted octanol–water partition coefficient (Wildman–Crippen LogP) is 2.81. The Kier molecular flexibility index (Phi) is 4.05. The molecule has 0 radical (unpaired) electrons. The number of rotatable bonds is 5. The summed E-state index contributed by atoms with van der Waals surface area (Å²) in [5.41, 5.74) is 1.95. The summed E-state index contributed by atoms with van der Waals surface area (Å²) in [5, 5.41) is 13.8. The summed E-state index contributed by atoms with van der Waals surface area (Å²) in [6.45, 7) is 1.97. The maximum Gasteiger partial charge on any atom is 0.433 e. The largest absolute Gasteiger partial charge is 0.496 e. The Labute approximate surface area is 116 Å². The Balaban J connectivity index is 2.45. The fourth-order valence-electron chi connectivity index (χ4n) is 2.13. The second-order valence-corrected chi connectivity index (χ2v) is 4.40. The summed E-state index contributed by atoms with van der Waals surface area (Å²) < 4.78 is 10.6. The van der Waals surface area contributed by atoms with Gasteiger partial charge in [-0.15, -0.1) is 0 Å². The molecule has 0 aliphatic heterocycles. The first kappa shape index (κ1) is 14.1. The lowest BCUT2D eigenvalue weighted by Gasteiger charge is -2.17. The molecule has 6 nitrogen and oxygen atoms in total. The molecule has 0 amide bonds. The number of nitrogens with zero attached hydrogens (tertiary/aromatic N) is 1. The average Bonchev–Trinajstić information content (AvgIpc) is 2.90. The van der Waals surface area contributed by atoms with Crippen molar-refractivity contribution in [2.24, 2.45) is 0 Å². The van der Waals surface area contributed by atoms with Crippen LogP contribution in [0.1, 0.15) is 22.9 Å². The zero-order valence-corrected chi connectivity index (χ0v) is 11.5. The lowest BCUT2D eigenvalue weighted by atomic mass is 10.0. The molecule has 0 bridgehead atoms. The number of methoxy groups -OCH3 is 1. The number of furan rings is 1. The molecule has 0 spiro atoms. The maximum absolute atomic E-state index is 10.7. The average molecular weight is 276 g/mol. The Bertz CT molecular complexity index is 621. The van der Waals surface area contributed by atoms with Gasteiger partial charge in [0.1, 0.15) is 16.4 Å². The highest BCUT2D eigenvalue weighted by atomic mass is 16.6. The van der Waals surface area contributed by atoms with E-state index in [2.05, 4.69) is 5.32 Å². The van der Waals surface area contributed by atoms with Crippen LogP contribution < -0.4 is 10.1 Å². The molecule has 0 saturated carbocycles. The van der Waals surface area contributed by atoms with Crippen LogP contribution in [0, 0.1) is 17.0 Å². The molecule has 0 saturated heterocycles. The van der Waals surface area contributed by atoms with E-state index in [-0.39, 0.29) is 11.9 Å².